The molecule has 22 heavy (non-hydrogen) atoms. The van der Waals surface area contributed by atoms with E-state index in [1.54, 1.807) is 18.2 Å². The third-order valence-corrected chi connectivity index (χ3v) is 4.11. The second kappa shape index (κ2) is 5.84. The molecule has 3 rings (SSSR count). The van der Waals surface area contributed by atoms with Crippen molar-refractivity contribution in [2.75, 3.05) is 19.7 Å². The highest BCUT2D eigenvalue weighted by molar-refractivity contribution is 5.74. The maximum Gasteiger partial charge on any atom is 0.420 e. The predicted molar refractivity (Wildman–Crippen MR) is 80.6 cm³/mol. The van der Waals surface area contributed by atoms with Crippen molar-refractivity contribution in [2.45, 2.75) is 19.4 Å². The van der Waals surface area contributed by atoms with E-state index in [0.29, 0.717) is 30.7 Å². The highest BCUT2D eigenvalue weighted by Gasteiger charge is 2.42. The van der Waals surface area contributed by atoms with Gasteiger partial charge in [0, 0.05) is 25.0 Å². The fourth-order valence-corrected chi connectivity index (χ4v) is 2.40. The summed E-state index contributed by atoms with van der Waals surface area (Å²) in [5, 5.41) is 14.6. The molecule has 7 nitrogen and oxygen atoms in total. The number of para-hydroxylation sites is 2. The molecule has 1 aliphatic rings. The minimum absolute atomic E-state index is 0.101. The molecule has 0 spiro atoms. The Hall–Kier alpha value is -2.28. The first-order chi connectivity index (χ1) is 10.6. The average molecular weight is 305 g/mol. The van der Waals surface area contributed by atoms with Gasteiger partial charge in [0.05, 0.1) is 12.1 Å². The van der Waals surface area contributed by atoms with Crippen LogP contribution in [0.25, 0.3) is 11.1 Å². The van der Waals surface area contributed by atoms with Gasteiger partial charge in [-0.2, -0.15) is 0 Å². The average Bonchev–Trinajstić information content (AvgIpc) is 3.24. The van der Waals surface area contributed by atoms with Gasteiger partial charge in [-0.1, -0.05) is 12.1 Å². The summed E-state index contributed by atoms with van der Waals surface area (Å²) in [7, 11) is 0. The van der Waals surface area contributed by atoms with Gasteiger partial charge in [-0.05, 0) is 25.0 Å². The molecule has 2 aromatic rings. The summed E-state index contributed by atoms with van der Waals surface area (Å²) in [6.45, 7) is 1.24. The number of carbonyl (C=O) groups is 1. The van der Waals surface area contributed by atoms with E-state index < -0.39 is 5.76 Å². The number of aromatic nitrogens is 1. The number of nitrogens with zero attached hydrogens (tertiary/aromatic N) is 1. The molecule has 0 aliphatic heterocycles. The fourth-order valence-electron chi connectivity index (χ4n) is 2.40. The second-order valence-electron chi connectivity index (χ2n) is 5.75. The molecule has 0 radical (unpaired) electrons. The van der Waals surface area contributed by atoms with Crippen molar-refractivity contribution < 1.29 is 14.3 Å². The Balaban J connectivity index is 1.51. The summed E-state index contributed by atoms with van der Waals surface area (Å²) in [5.74, 6) is -0.430. The third kappa shape index (κ3) is 2.99. The summed E-state index contributed by atoms with van der Waals surface area (Å²) in [6.07, 6.45) is 1.89. The molecule has 1 saturated carbocycles. The van der Waals surface area contributed by atoms with Crippen molar-refractivity contribution >= 4 is 17.1 Å². The zero-order chi connectivity index (χ0) is 15.6. The number of rotatable bonds is 6. The van der Waals surface area contributed by atoms with Crippen molar-refractivity contribution in [2.24, 2.45) is 5.41 Å². The molecule has 3 N–H and O–H groups in total. The van der Waals surface area contributed by atoms with Crippen LogP contribution in [0.4, 0.5) is 4.79 Å². The second-order valence-corrected chi connectivity index (χ2v) is 5.75. The van der Waals surface area contributed by atoms with Crippen LogP contribution in [0.2, 0.25) is 0 Å². The van der Waals surface area contributed by atoms with Crippen molar-refractivity contribution in [1.29, 1.82) is 0 Å². The highest BCUT2D eigenvalue weighted by atomic mass is 16.4. The number of carbonyl (C=O) groups excluding carboxylic acids is 1. The smallest absolute Gasteiger partial charge is 0.408 e. The van der Waals surface area contributed by atoms with Crippen molar-refractivity contribution in [3.8, 4) is 0 Å². The molecule has 1 fully saturated rings. The maximum absolute atomic E-state index is 11.8. The van der Waals surface area contributed by atoms with Crippen molar-refractivity contribution in [1.82, 2.24) is 15.2 Å². The van der Waals surface area contributed by atoms with Crippen LogP contribution in [0.1, 0.15) is 12.8 Å². The maximum atomic E-state index is 11.8. The van der Waals surface area contributed by atoms with E-state index in [-0.39, 0.29) is 18.1 Å². The number of fused-ring (bicyclic) bond motifs is 1. The Morgan fingerprint density at radius 1 is 1.32 bits per heavy atom. The number of oxazole rings is 1. The molecular formula is C15H19N3O4. The van der Waals surface area contributed by atoms with E-state index in [2.05, 4.69) is 10.6 Å². The number of amides is 2. The third-order valence-electron chi connectivity index (χ3n) is 4.11. The molecule has 0 atom stereocenters. The molecule has 0 saturated heterocycles. The largest absolute Gasteiger partial charge is 0.420 e. The lowest BCUT2D eigenvalue weighted by atomic mass is 10.1. The van der Waals surface area contributed by atoms with Gasteiger partial charge in [-0.15, -0.1) is 0 Å². The number of aliphatic hydroxyl groups excluding tert-OH is 1. The molecule has 1 aliphatic carbocycles. The minimum atomic E-state index is -0.430. The van der Waals surface area contributed by atoms with E-state index in [0.717, 1.165) is 12.8 Å². The Morgan fingerprint density at radius 2 is 2.09 bits per heavy atom. The Labute approximate surface area is 126 Å². The summed E-state index contributed by atoms with van der Waals surface area (Å²) in [5.41, 5.74) is 1.14. The number of benzene rings is 1. The molecule has 2 amide bonds. The first-order valence-electron chi connectivity index (χ1n) is 7.34. The topological polar surface area (TPSA) is 96.5 Å². The Morgan fingerprint density at radius 3 is 2.82 bits per heavy atom. The first kappa shape index (κ1) is 14.6. The van der Waals surface area contributed by atoms with Gasteiger partial charge in [0.2, 0.25) is 0 Å². The lowest BCUT2D eigenvalue weighted by Gasteiger charge is -2.13. The number of hydrogen-bond acceptors (Lipinski definition) is 4. The molecule has 7 heteroatoms. The SMILES string of the molecule is O=C(NCCn1c(=O)oc2ccccc21)NCC1(CO)CC1. The van der Waals surface area contributed by atoms with Crippen LogP contribution in [0, 0.1) is 5.41 Å². The monoisotopic (exact) mass is 305 g/mol. The van der Waals surface area contributed by atoms with Crippen LogP contribution in [0.5, 0.6) is 0 Å². The van der Waals surface area contributed by atoms with Crippen molar-refractivity contribution in [3.63, 3.8) is 0 Å². The van der Waals surface area contributed by atoms with Crippen molar-refractivity contribution in [3.05, 3.63) is 34.8 Å². The number of aliphatic hydroxyl groups is 1. The van der Waals surface area contributed by atoms with Crippen LogP contribution in [-0.4, -0.2) is 35.4 Å². The van der Waals surface area contributed by atoms with E-state index >= 15 is 0 Å². The normalized spacial score (nSPS) is 15.7. The van der Waals surface area contributed by atoms with E-state index in [9.17, 15) is 14.7 Å². The Bertz CT molecular complexity index is 730. The van der Waals surface area contributed by atoms with Gasteiger partial charge in [0.1, 0.15) is 0 Å². The zero-order valence-corrected chi connectivity index (χ0v) is 12.2. The summed E-state index contributed by atoms with van der Waals surface area (Å²) >= 11 is 0. The number of hydrogen-bond donors (Lipinski definition) is 3. The highest BCUT2D eigenvalue weighted by Crippen LogP contribution is 2.44. The molecule has 1 aromatic carbocycles. The fraction of sp³-hybridized carbons (Fsp3) is 0.467. The van der Waals surface area contributed by atoms with Gasteiger partial charge < -0.3 is 20.2 Å². The van der Waals surface area contributed by atoms with Gasteiger partial charge in [-0.3, -0.25) is 4.57 Å². The standard InChI is InChI=1S/C15H19N3O4/c19-10-15(5-6-15)9-17-13(20)16-7-8-18-11-3-1-2-4-12(11)22-14(18)21/h1-4,19H,5-10H2,(H2,16,17,20). The zero-order valence-electron chi connectivity index (χ0n) is 12.2. The quantitative estimate of drug-likeness (QED) is 0.730. The number of urea groups is 1. The predicted octanol–water partition coefficient (Wildman–Crippen LogP) is 0.666. The van der Waals surface area contributed by atoms with Crippen LogP contribution in [0.15, 0.2) is 33.5 Å². The van der Waals surface area contributed by atoms with Gasteiger partial charge in [0.15, 0.2) is 5.58 Å². The summed E-state index contributed by atoms with van der Waals surface area (Å²) in [4.78, 5) is 23.5. The van der Waals surface area contributed by atoms with Gasteiger partial charge in [0.25, 0.3) is 0 Å². The van der Waals surface area contributed by atoms with Gasteiger partial charge in [-0.25, -0.2) is 9.59 Å². The molecule has 0 bridgehead atoms. The van der Waals surface area contributed by atoms with Gasteiger partial charge >= 0.3 is 11.8 Å². The molecule has 1 aromatic heterocycles. The summed E-state index contributed by atoms with van der Waals surface area (Å²) < 4.78 is 6.61. The lowest BCUT2D eigenvalue weighted by Crippen LogP contribution is -2.41. The van der Waals surface area contributed by atoms with Crippen LogP contribution >= 0.6 is 0 Å². The van der Waals surface area contributed by atoms with Crippen LogP contribution < -0.4 is 16.4 Å². The molecule has 1 heterocycles. The van der Waals surface area contributed by atoms with E-state index in [1.807, 2.05) is 6.07 Å². The molecular weight excluding hydrogens is 286 g/mol. The molecule has 0 unspecified atom stereocenters. The first-order valence-corrected chi connectivity index (χ1v) is 7.34. The summed E-state index contributed by atoms with van der Waals surface area (Å²) in [6, 6.07) is 6.88. The van der Waals surface area contributed by atoms with E-state index in [4.69, 9.17) is 4.42 Å². The minimum Gasteiger partial charge on any atom is -0.408 e. The van der Waals surface area contributed by atoms with Crippen LogP contribution in [0.3, 0.4) is 0 Å². The molecule has 118 valence electrons. The lowest BCUT2D eigenvalue weighted by molar-refractivity contribution is 0.203. The number of nitrogens with one attached hydrogen (secondary N) is 2. The van der Waals surface area contributed by atoms with E-state index in [1.165, 1.54) is 4.57 Å². The van der Waals surface area contributed by atoms with Crippen LogP contribution in [-0.2, 0) is 6.54 Å². The Kier molecular flexibility index (Phi) is 3.89.